The van der Waals surface area contributed by atoms with E-state index in [0.29, 0.717) is 5.92 Å². The van der Waals surface area contributed by atoms with Crippen molar-refractivity contribution in [3.05, 3.63) is 24.0 Å². The molecule has 0 amide bonds. The molecule has 1 saturated carbocycles. The maximum atomic E-state index is 6.12. The quantitative estimate of drug-likeness (QED) is 0.876. The van der Waals surface area contributed by atoms with Crippen molar-refractivity contribution in [2.24, 2.45) is 5.92 Å². The summed E-state index contributed by atoms with van der Waals surface area (Å²) < 4.78 is 5.97. The number of anilines is 1. The van der Waals surface area contributed by atoms with Gasteiger partial charge in [0.2, 0.25) is 0 Å². The molecule has 0 spiro atoms. The molecule has 1 aliphatic rings. The minimum Gasteiger partial charge on any atom is -0.398 e. The van der Waals surface area contributed by atoms with Gasteiger partial charge in [0.25, 0.3) is 0 Å². The van der Waals surface area contributed by atoms with Crippen LogP contribution in [0.5, 0.6) is 0 Å². The fourth-order valence-corrected chi connectivity index (χ4v) is 3.47. The van der Waals surface area contributed by atoms with E-state index in [9.17, 15) is 0 Å². The highest BCUT2D eigenvalue weighted by molar-refractivity contribution is 5.47. The first-order valence-corrected chi connectivity index (χ1v) is 7.05. The number of hydrogen-bond acceptors (Lipinski definition) is 4. The van der Waals surface area contributed by atoms with Gasteiger partial charge in [0, 0.05) is 30.8 Å². The minimum absolute atomic E-state index is 0.0916. The fourth-order valence-electron chi connectivity index (χ4n) is 3.47. The van der Waals surface area contributed by atoms with Gasteiger partial charge in [-0.25, -0.2) is 0 Å². The molecule has 4 nitrogen and oxygen atoms in total. The SMILES string of the molecule is CNC(c1cnccc1N)C1(OC)CCCC(C)C1. The average molecular weight is 263 g/mol. The standard InChI is InChI=1S/C15H25N3O/c1-11-5-4-7-15(9-11,19-3)14(17-2)12-10-18-8-6-13(12)16/h6,8,10-11,14,17H,4-5,7,9H2,1-3H3,(H2,16,18). The van der Waals surface area contributed by atoms with Crippen molar-refractivity contribution in [3.8, 4) is 0 Å². The molecule has 2 rings (SSSR count). The van der Waals surface area contributed by atoms with E-state index >= 15 is 0 Å². The molecule has 0 bridgehead atoms. The molecule has 19 heavy (non-hydrogen) atoms. The highest BCUT2D eigenvalue weighted by Crippen LogP contribution is 2.44. The predicted molar refractivity (Wildman–Crippen MR) is 77.8 cm³/mol. The van der Waals surface area contributed by atoms with Gasteiger partial charge in [0.1, 0.15) is 0 Å². The highest BCUT2D eigenvalue weighted by Gasteiger charge is 2.43. The third kappa shape index (κ3) is 2.74. The van der Waals surface area contributed by atoms with E-state index in [2.05, 4.69) is 17.2 Å². The van der Waals surface area contributed by atoms with E-state index in [-0.39, 0.29) is 11.6 Å². The van der Waals surface area contributed by atoms with Crippen LogP contribution in [0.1, 0.15) is 44.2 Å². The number of nitrogen functional groups attached to an aromatic ring is 1. The van der Waals surface area contributed by atoms with Crippen LogP contribution in [0.3, 0.4) is 0 Å². The molecule has 4 heteroatoms. The molecular weight excluding hydrogens is 238 g/mol. The number of nitrogens with two attached hydrogens (primary N) is 1. The van der Waals surface area contributed by atoms with Gasteiger partial charge in [0.05, 0.1) is 11.6 Å². The van der Waals surface area contributed by atoms with Crippen LogP contribution >= 0.6 is 0 Å². The monoisotopic (exact) mass is 263 g/mol. The number of nitrogens with zero attached hydrogens (tertiary/aromatic N) is 1. The van der Waals surface area contributed by atoms with Gasteiger partial charge < -0.3 is 15.8 Å². The van der Waals surface area contributed by atoms with Gasteiger partial charge in [-0.3, -0.25) is 4.98 Å². The summed E-state index contributed by atoms with van der Waals surface area (Å²) in [6.07, 6.45) is 8.19. The summed E-state index contributed by atoms with van der Waals surface area (Å²) in [6, 6.07) is 1.95. The molecule has 1 aliphatic carbocycles. The molecule has 1 fully saturated rings. The first-order chi connectivity index (χ1) is 9.13. The van der Waals surface area contributed by atoms with Crippen molar-refractivity contribution in [2.75, 3.05) is 19.9 Å². The molecule has 0 radical (unpaired) electrons. The minimum atomic E-state index is -0.177. The topological polar surface area (TPSA) is 60.2 Å². The molecule has 1 aromatic rings. The van der Waals surface area contributed by atoms with E-state index in [1.165, 1.54) is 12.8 Å². The summed E-state index contributed by atoms with van der Waals surface area (Å²) in [5.41, 5.74) is 7.76. The lowest BCUT2D eigenvalue weighted by atomic mass is 9.72. The fraction of sp³-hybridized carbons (Fsp3) is 0.667. The first kappa shape index (κ1) is 14.3. The van der Waals surface area contributed by atoms with Crippen molar-refractivity contribution in [1.29, 1.82) is 0 Å². The summed E-state index contributed by atoms with van der Waals surface area (Å²) >= 11 is 0. The average Bonchev–Trinajstić information content (AvgIpc) is 2.42. The van der Waals surface area contributed by atoms with Gasteiger partial charge in [0.15, 0.2) is 0 Å². The van der Waals surface area contributed by atoms with Gasteiger partial charge in [-0.1, -0.05) is 19.8 Å². The van der Waals surface area contributed by atoms with Crippen molar-refractivity contribution in [1.82, 2.24) is 10.3 Å². The highest BCUT2D eigenvalue weighted by atomic mass is 16.5. The summed E-state index contributed by atoms with van der Waals surface area (Å²) in [5.74, 6) is 0.683. The normalized spacial score (nSPS) is 29.1. The van der Waals surface area contributed by atoms with E-state index < -0.39 is 0 Å². The molecule has 3 unspecified atom stereocenters. The second-order valence-corrected chi connectivity index (χ2v) is 5.70. The van der Waals surface area contributed by atoms with E-state index in [1.807, 2.05) is 26.4 Å². The first-order valence-electron chi connectivity index (χ1n) is 7.05. The summed E-state index contributed by atoms with van der Waals surface area (Å²) in [6.45, 7) is 2.30. The summed E-state index contributed by atoms with van der Waals surface area (Å²) in [4.78, 5) is 4.22. The van der Waals surface area contributed by atoms with Crippen LogP contribution in [0.4, 0.5) is 5.69 Å². The van der Waals surface area contributed by atoms with Gasteiger partial charge >= 0.3 is 0 Å². The number of nitrogens with one attached hydrogen (secondary N) is 1. The second kappa shape index (κ2) is 5.88. The Balaban J connectivity index is 2.36. The molecule has 0 saturated heterocycles. The number of likely N-dealkylation sites (N-methyl/N-ethyl adjacent to an activating group) is 1. The molecule has 0 aromatic carbocycles. The van der Waals surface area contributed by atoms with Crippen molar-refractivity contribution in [2.45, 2.75) is 44.2 Å². The molecule has 1 aromatic heterocycles. The van der Waals surface area contributed by atoms with Crippen LogP contribution in [0.15, 0.2) is 18.5 Å². The van der Waals surface area contributed by atoms with E-state index in [1.54, 1.807) is 6.20 Å². The molecule has 0 aliphatic heterocycles. The molecule has 3 atom stereocenters. The third-order valence-electron chi connectivity index (χ3n) is 4.41. The van der Waals surface area contributed by atoms with Gasteiger partial charge in [-0.15, -0.1) is 0 Å². The summed E-state index contributed by atoms with van der Waals surface area (Å²) in [5, 5.41) is 3.40. The predicted octanol–water partition coefficient (Wildman–Crippen LogP) is 2.52. The third-order valence-corrected chi connectivity index (χ3v) is 4.41. The summed E-state index contributed by atoms with van der Waals surface area (Å²) in [7, 11) is 3.78. The molecule has 3 N–H and O–H groups in total. The number of rotatable bonds is 4. The van der Waals surface area contributed by atoms with E-state index in [0.717, 1.165) is 24.1 Å². The lowest BCUT2D eigenvalue weighted by Crippen LogP contribution is -2.47. The van der Waals surface area contributed by atoms with Crippen LogP contribution in [-0.2, 0) is 4.74 Å². The van der Waals surface area contributed by atoms with Crippen LogP contribution in [0, 0.1) is 5.92 Å². The Hall–Kier alpha value is -1.13. The molecule has 106 valence electrons. The lowest BCUT2D eigenvalue weighted by Gasteiger charge is -2.44. The number of ether oxygens (including phenoxy) is 1. The maximum Gasteiger partial charge on any atom is 0.0876 e. The second-order valence-electron chi connectivity index (χ2n) is 5.70. The Morgan fingerprint density at radius 3 is 2.95 bits per heavy atom. The van der Waals surface area contributed by atoms with Crippen molar-refractivity contribution in [3.63, 3.8) is 0 Å². The number of methoxy groups -OCH3 is 1. The number of pyridine rings is 1. The Morgan fingerprint density at radius 2 is 2.37 bits per heavy atom. The Kier molecular flexibility index (Phi) is 4.42. The van der Waals surface area contributed by atoms with Crippen LogP contribution in [-0.4, -0.2) is 24.7 Å². The van der Waals surface area contributed by atoms with Crippen molar-refractivity contribution >= 4 is 5.69 Å². The number of hydrogen-bond donors (Lipinski definition) is 2. The number of aromatic nitrogens is 1. The van der Waals surface area contributed by atoms with Crippen LogP contribution < -0.4 is 11.1 Å². The zero-order valence-corrected chi connectivity index (χ0v) is 12.1. The Morgan fingerprint density at radius 1 is 1.58 bits per heavy atom. The zero-order chi connectivity index (χ0) is 13.9. The maximum absolute atomic E-state index is 6.12. The van der Waals surface area contributed by atoms with Gasteiger partial charge in [-0.2, -0.15) is 0 Å². The molecular formula is C15H25N3O. The van der Waals surface area contributed by atoms with Crippen molar-refractivity contribution < 1.29 is 4.74 Å². The smallest absolute Gasteiger partial charge is 0.0876 e. The van der Waals surface area contributed by atoms with Gasteiger partial charge in [-0.05, 0) is 31.9 Å². The van der Waals surface area contributed by atoms with E-state index in [4.69, 9.17) is 10.5 Å². The van der Waals surface area contributed by atoms with Crippen LogP contribution in [0.25, 0.3) is 0 Å². The largest absolute Gasteiger partial charge is 0.398 e. The molecule has 1 heterocycles. The van der Waals surface area contributed by atoms with Crippen LogP contribution in [0.2, 0.25) is 0 Å². The Labute approximate surface area is 115 Å². The lowest BCUT2D eigenvalue weighted by molar-refractivity contribution is -0.0789. The zero-order valence-electron chi connectivity index (χ0n) is 12.1. The Bertz CT molecular complexity index is 424.